The van der Waals surface area contributed by atoms with E-state index in [2.05, 4.69) is 56.4 Å². The minimum atomic E-state index is 0.306. The highest BCUT2D eigenvalue weighted by atomic mass is 15.2. The summed E-state index contributed by atoms with van der Waals surface area (Å²) in [5.74, 6) is 0. The molecule has 1 aliphatic heterocycles. The highest BCUT2D eigenvalue weighted by molar-refractivity contribution is 5.32. The van der Waals surface area contributed by atoms with Gasteiger partial charge in [0.15, 0.2) is 0 Å². The summed E-state index contributed by atoms with van der Waals surface area (Å²) in [6.07, 6.45) is 2.40. The summed E-state index contributed by atoms with van der Waals surface area (Å²) < 4.78 is 0. The van der Waals surface area contributed by atoms with Crippen LogP contribution in [0.4, 0.5) is 0 Å². The largest absolute Gasteiger partial charge is 0.315 e. The SMILES string of the molecule is Cc1ccc(CC2(N(C)C)CCNC2)c(C)c1. The van der Waals surface area contributed by atoms with Gasteiger partial charge in [0.25, 0.3) is 0 Å². The molecule has 1 fully saturated rings. The standard InChI is InChI=1S/C15H24N2/c1-12-5-6-14(13(2)9-12)10-15(17(3)4)7-8-16-11-15/h5-6,9,16H,7-8,10-11H2,1-4H3. The van der Waals surface area contributed by atoms with Crippen molar-refractivity contribution in [2.75, 3.05) is 27.2 Å². The summed E-state index contributed by atoms with van der Waals surface area (Å²) in [6, 6.07) is 6.82. The Bertz CT molecular complexity index is 390. The van der Waals surface area contributed by atoms with E-state index >= 15 is 0 Å². The molecule has 1 atom stereocenters. The quantitative estimate of drug-likeness (QED) is 0.859. The number of nitrogens with one attached hydrogen (secondary N) is 1. The van der Waals surface area contributed by atoms with Gasteiger partial charge in [-0.15, -0.1) is 0 Å². The molecule has 2 nitrogen and oxygen atoms in total. The lowest BCUT2D eigenvalue weighted by molar-refractivity contribution is 0.172. The van der Waals surface area contributed by atoms with Gasteiger partial charge in [-0.05, 0) is 58.5 Å². The Hall–Kier alpha value is -0.860. The highest BCUT2D eigenvalue weighted by Gasteiger charge is 2.36. The van der Waals surface area contributed by atoms with Crippen LogP contribution in [0.5, 0.6) is 0 Å². The lowest BCUT2D eigenvalue weighted by Crippen LogP contribution is -2.48. The van der Waals surface area contributed by atoms with Crippen molar-refractivity contribution in [2.45, 2.75) is 32.2 Å². The Morgan fingerprint density at radius 3 is 2.59 bits per heavy atom. The smallest absolute Gasteiger partial charge is 0.0380 e. The van der Waals surface area contributed by atoms with E-state index in [-0.39, 0.29) is 0 Å². The van der Waals surface area contributed by atoms with Crippen molar-refractivity contribution in [3.05, 3.63) is 34.9 Å². The van der Waals surface area contributed by atoms with Crippen molar-refractivity contribution in [3.63, 3.8) is 0 Å². The zero-order chi connectivity index (χ0) is 12.5. The van der Waals surface area contributed by atoms with Crippen LogP contribution in [0, 0.1) is 13.8 Å². The van der Waals surface area contributed by atoms with Crippen LogP contribution in [-0.2, 0) is 6.42 Å². The Morgan fingerprint density at radius 2 is 2.06 bits per heavy atom. The molecule has 94 valence electrons. The summed E-state index contributed by atoms with van der Waals surface area (Å²) >= 11 is 0. The Labute approximate surface area is 105 Å². The summed E-state index contributed by atoms with van der Waals surface area (Å²) in [6.45, 7) is 6.64. The number of aryl methyl sites for hydroxylation is 2. The molecule has 0 saturated carbocycles. The predicted octanol–water partition coefficient (Wildman–Crippen LogP) is 2.14. The number of hydrogen-bond acceptors (Lipinski definition) is 2. The molecule has 0 radical (unpaired) electrons. The first kappa shape index (κ1) is 12.6. The third-order valence-corrected chi connectivity index (χ3v) is 4.19. The van der Waals surface area contributed by atoms with Crippen LogP contribution in [0.3, 0.4) is 0 Å². The van der Waals surface area contributed by atoms with Gasteiger partial charge in [0, 0.05) is 12.1 Å². The van der Waals surface area contributed by atoms with Gasteiger partial charge in [-0.25, -0.2) is 0 Å². The lowest BCUT2D eigenvalue weighted by atomic mass is 9.86. The van der Waals surface area contributed by atoms with Gasteiger partial charge in [-0.3, -0.25) is 0 Å². The molecule has 1 heterocycles. The molecule has 0 spiro atoms. The van der Waals surface area contributed by atoms with E-state index in [1.807, 2.05) is 0 Å². The van der Waals surface area contributed by atoms with Crippen LogP contribution in [0.25, 0.3) is 0 Å². The Balaban J connectivity index is 2.23. The van der Waals surface area contributed by atoms with Gasteiger partial charge in [-0.1, -0.05) is 23.8 Å². The molecule has 17 heavy (non-hydrogen) atoms. The van der Waals surface area contributed by atoms with E-state index in [1.54, 1.807) is 0 Å². The maximum atomic E-state index is 3.50. The zero-order valence-corrected chi connectivity index (χ0v) is 11.5. The summed E-state index contributed by atoms with van der Waals surface area (Å²) in [5, 5.41) is 3.50. The van der Waals surface area contributed by atoms with Crippen molar-refractivity contribution in [1.29, 1.82) is 0 Å². The van der Waals surface area contributed by atoms with Crippen molar-refractivity contribution in [2.24, 2.45) is 0 Å². The Morgan fingerprint density at radius 1 is 1.29 bits per heavy atom. The molecule has 1 N–H and O–H groups in total. The molecule has 0 aliphatic carbocycles. The second-order valence-corrected chi connectivity index (χ2v) is 5.65. The molecule has 1 aromatic rings. The van der Waals surface area contributed by atoms with Gasteiger partial charge in [0.2, 0.25) is 0 Å². The van der Waals surface area contributed by atoms with Gasteiger partial charge < -0.3 is 10.2 Å². The first-order chi connectivity index (χ1) is 8.03. The highest BCUT2D eigenvalue weighted by Crippen LogP contribution is 2.27. The normalized spacial score (nSPS) is 24.5. The third-order valence-electron chi connectivity index (χ3n) is 4.19. The molecular weight excluding hydrogens is 208 g/mol. The van der Waals surface area contributed by atoms with Crippen LogP contribution >= 0.6 is 0 Å². The molecular formula is C15H24N2. The van der Waals surface area contributed by atoms with Gasteiger partial charge in [0.05, 0.1) is 0 Å². The minimum absolute atomic E-state index is 0.306. The van der Waals surface area contributed by atoms with E-state index in [0.29, 0.717) is 5.54 Å². The van der Waals surface area contributed by atoms with Crippen LogP contribution in [0.15, 0.2) is 18.2 Å². The molecule has 1 saturated heterocycles. The number of benzene rings is 1. The summed E-state index contributed by atoms with van der Waals surface area (Å²) in [7, 11) is 4.41. The Kier molecular flexibility index (Phi) is 3.55. The summed E-state index contributed by atoms with van der Waals surface area (Å²) in [4.78, 5) is 2.40. The number of likely N-dealkylation sites (N-methyl/N-ethyl adjacent to an activating group) is 1. The fourth-order valence-electron chi connectivity index (χ4n) is 2.82. The topological polar surface area (TPSA) is 15.3 Å². The summed E-state index contributed by atoms with van der Waals surface area (Å²) in [5.41, 5.74) is 4.58. The fourth-order valence-corrected chi connectivity index (χ4v) is 2.82. The molecule has 2 rings (SSSR count). The van der Waals surface area contributed by atoms with Gasteiger partial charge >= 0.3 is 0 Å². The van der Waals surface area contributed by atoms with Crippen LogP contribution in [-0.4, -0.2) is 37.6 Å². The van der Waals surface area contributed by atoms with Crippen molar-refractivity contribution < 1.29 is 0 Å². The molecule has 1 aliphatic rings. The molecule has 1 unspecified atom stereocenters. The van der Waals surface area contributed by atoms with E-state index < -0.39 is 0 Å². The molecule has 2 heteroatoms. The number of rotatable bonds is 3. The van der Waals surface area contributed by atoms with E-state index in [1.165, 1.54) is 23.1 Å². The third kappa shape index (κ3) is 2.53. The minimum Gasteiger partial charge on any atom is -0.315 e. The second-order valence-electron chi connectivity index (χ2n) is 5.65. The average molecular weight is 232 g/mol. The molecule has 0 amide bonds. The van der Waals surface area contributed by atoms with Crippen LogP contribution in [0.1, 0.15) is 23.1 Å². The molecule has 0 bridgehead atoms. The van der Waals surface area contributed by atoms with E-state index in [9.17, 15) is 0 Å². The molecule has 0 aromatic heterocycles. The zero-order valence-electron chi connectivity index (χ0n) is 11.5. The average Bonchev–Trinajstić information content (AvgIpc) is 2.72. The maximum absolute atomic E-state index is 3.50. The van der Waals surface area contributed by atoms with Crippen molar-refractivity contribution in [3.8, 4) is 0 Å². The van der Waals surface area contributed by atoms with E-state index in [4.69, 9.17) is 0 Å². The van der Waals surface area contributed by atoms with Gasteiger partial charge in [0.1, 0.15) is 0 Å². The first-order valence-corrected chi connectivity index (χ1v) is 6.48. The lowest BCUT2D eigenvalue weighted by Gasteiger charge is -2.36. The maximum Gasteiger partial charge on any atom is 0.0380 e. The van der Waals surface area contributed by atoms with Crippen LogP contribution < -0.4 is 5.32 Å². The number of nitrogens with zero attached hydrogens (tertiary/aromatic N) is 1. The molecule has 1 aromatic carbocycles. The van der Waals surface area contributed by atoms with E-state index in [0.717, 1.165) is 19.5 Å². The first-order valence-electron chi connectivity index (χ1n) is 6.48. The van der Waals surface area contributed by atoms with Crippen molar-refractivity contribution in [1.82, 2.24) is 10.2 Å². The fraction of sp³-hybridized carbons (Fsp3) is 0.600. The second kappa shape index (κ2) is 4.79. The monoisotopic (exact) mass is 232 g/mol. The van der Waals surface area contributed by atoms with Gasteiger partial charge in [-0.2, -0.15) is 0 Å². The van der Waals surface area contributed by atoms with Crippen LogP contribution in [0.2, 0.25) is 0 Å². The van der Waals surface area contributed by atoms with Crippen molar-refractivity contribution >= 4 is 0 Å². The number of hydrogen-bond donors (Lipinski definition) is 1. The predicted molar refractivity (Wildman–Crippen MR) is 73.5 cm³/mol.